The molecule has 0 saturated carbocycles. The molecule has 0 bridgehead atoms. The highest BCUT2D eigenvalue weighted by molar-refractivity contribution is 7.91. The Morgan fingerprint density at radius 2 is 1.89 bits per heavy atom. The topological polar surface area (TPSA) is 120 Å². The van der Waals surface area contributed by atoms with E-state index >= 15 is 0 Å². The number of fused-ring (bicyclic) bond motifs is 2. The van der Waals surface area contributed by atoms with Gasteiger partial charge in [-0.3, -0.25) is 4.98 Å². The zero-order chi connectivity index (χ0) is 26.5. The first-order valence-electron chi connectivity index (χ1n) is 11.2. The van der Waals surface area contributed by atoms with E-state index in [0.29, 0.717) is 12.0 Å². The van der Waals surface area contributed by atoms with Gasteiger partial charge in [-0.2, -0.15) is 22.8 Å². The van der Waals surface area contributed by atoms with Crippen molar-refractivity contribution in [2.75, 3.05) is 11.1 Å². The Balaban J connectivity index is 1.73. The number of imidazole rings is 1. The second-order valence-corrected chi connectivity index (χ2v) is 10.6. The fourth-order valence-electron chi connectivity index (χ4n) is 3.98. The summed E-state index contributed by atoms with van der Waals surface area (Å²) in [6, 6.07) is 6.01. The van der Waals surface area contributed by atoms with Gasteiger partial charge < -0.3 is 9.88 Å². The molecule has 5 aromatic rings. The summed E-state index contributed by atoms with van der Waals surface area (Å²) in [5, 5.41) is 7.39. The summed E-state index contributed by atoms with van der Waals surface area (Å²) in [7, 11) is -2.34. The van der Waals surface area contributed by atoms with Crippen LogP contribution in [0, 0.1) is 0 Å². The maximum Gasteiger partial charge on any atom is 0.417 e. The van der Waals surface area contributed by atoms with Crippen LogP contribution in [-0.4, -0.2) is 48.3 Å². The fraction of sp³-hybridized carbons (Fsp3) is 0.261. The van der Waals surface area contributed by atoms with Gasteiger partial charge in [-0.1, -0.05) is 13.0 Å². The Labute approximate surface area is 209 Å². The van der Waals surface area contributed by atoms with Crippen LogP contribution in [0.5, 0.6) is 0 Å². The first-order chi connectivity index (χ1) is 17.5. The summed E-state index contributed by atoms with van der Waals surface area (Å²) in [4.78, 5) is 16.8. The van der Waals surface area contributed by atoms with E-state index in [1.165, 1.54) is 22.2 Å². The van der Waals surface area contributed by atoms with Crippen molar-refractivity contribution in [3.8, 4) is 11.4 Å². The van der Waals surface area contributed by atoms with Crippen molar-refractivity contribution in [2.24, 2.45) is 7.05 Å². The number of nitrogens with zero attached hydrogens (tertiary/aromatic N) is 7. The molecular formula is C23H21F3N8O2S. The minimum absolute atomic E-state index is 0.0361. The standard InChI is InChI=1S/C23H21F3N8O2S/c1-4-37(35,36)22-18(21-31-16-10-15(23(24,25)26)12-29-19(16)33(21)3)20-28-9-7-17(34(20)32-22)30-13(2)14-6-5-8-27-11-14/h5-13,30H,4H2,1-3H3. The maximum absolute atomic E-state index is 13.3. The second kappa shape index (κ2) is 8.80. The second-order valence-electron chi connectivity index (χ2n) is 8.36. The van der Waals surface area contributed by atoms with E-state index in [0.717, 1.165) is 11.6 Å². The molecule has 0 amide bonds. The minimum atomic E-state index is -4.60. The molecular weight excluding hydrogens is 509 g/mol. The molecule has 0 aliphatic rings. The van der Waals surface area contributed by atoms with E-state index < -0.39 is 21.6 Å². The lowest BCUT2D eigenvalue weighted by Crippen LogP contribution is -2.11. The van der Waals surface area contributed by atoms with Crippen LogP contribution < -0.4 is 5.32 Å². The maximum atomic E-state index is 13.3. The lowest BCUT2D eigenvalue weighted by molar-refractivity contribution is -0.137. The summed E-state index contributed by atoms with van der Waals surface area (Å²) >= 11 is 0. The molecule has 0 spiro atoms. The normalized spacial score (nSPS) is 13.4. The van der Waals surface area contributed by atoms with Crippen molar-refractivity contribution in [2.45, 2.75) is 31.1 Å². The van der Waals surface area contributed by atoms with E-state index in [-0.39, 0.29) is 45.0 Å². The third-order valence-corrected chi connectivity index (χ3v) is 7.60. The van der Waals surface area contributed by atoms with Crippen LogP contribution in [0.2, 0.25) is 0 Å². The lowest BCUT2D eigenvalue weighted by Gasteiger charge is -2.15. The predicted molar refractivity (Wildman–Crippen MR) is 129 cm³/mol. The molecule has 5 aromatic heterocycles. The molecule has 0 saturated heterocycles. The number of hydrogen-bond acceptors (Lipinski definition) is 8. The average Bonchev–Trinajstić information content (AvgIpc) is 3.42. The van der Waals surface area contributed by atoms with Crippen molar-refractivity contribution in [3.63, 3.8) is 0 Å². The molecule has 0 aromatic carbocycles. The Bertz CT molecular complexity index is 1730. The van der Waals surface area contributed by atoms with Crippen LogP contribution in [0.1, 0.15) is 31.0 Å². The van der Waals surface area contributed by atoms with Crippen molar-refractivity contribution in [3.05, 3.63) is 60.2 Å². The van der Waals surface area contributed by atoms with Gasteiger partial charge in [-0.05, 0) is 30.7 Å². The zero-order valence-electron chi connectivity index (χ0n) is 19.9. The zero-order valence-corrected chi connectivity index (χ0v) is 20.7. The van der Waals surface area contributed by atoms with E-state index in [1.807, 2.05) is 13.0 Å². The predicted octanol–water partition coefficient (Wildman–Crippen LogP) is 4.06. The first kappa shape index (κ1) is 24.6. The highest BCUT2D eigenvalue weighted by atomic mass is 32.2. The third-order valence-electron chi connectivity index (χ3n) is 5.97. The highest BCUT2D eigenvalue weighted by Crippen LogP contribution is 2.35. The van der Waals surface area contributed by atoms with Crippen molar-refractivity contribution < 1.29 is 21.6 Å². The summed E-state index contributed by atoms with van der Waals surface area (Å²) in [6.45, 7) is 3.39. The molecule has 0 aliphatic heterocycles. The summed E-state index contributed by atoms with van der Waals surface area (Å²) in [5.74, 6) is 0.282. The first-order valence-corrected chi connectivity index (χ1v) is 12.8. The van der Waals surface area contributed by atoms with Crippen molar-refractivity contribution in [1.29, 1.82) is 0 Å². The fourth-order valence-corrected chi connectivity index (χ4v) is 4.95. The number of aryl methyl sites for hydroxylation is 1. The minimum Gasteiger partial charge on any atom is -0.363 e. The number of pyridine rings is 2. The third kappa shape index (κ3) is 4.26. The number of alkyl halides is 3. The Morgan fingerprint density at radius 1 is 1.11 bits per heavy atom. The molecule has 192 valence electrons. The Kier molecular flexibility index (Phi) is 5.85. The number of hydrogen-bond donors (Lipinski definition) is 1. The summed E-state index contributed by atoms with van der Waals surface area (Å²) < 4.78 is 68.8. The van der Waals surface area contributed by atoms with Crippen LogP contribution >= 0.6 is 0 Å². The quantitative estimate of drug-likeness (QED) is 0.349. The molecule has 37 heavy (non-hydrogen) atoms. The molecule has 10 nitrogen and oxygen atoms in total. The van der Waals surface area contributed by atoms with Gasteiger partial charge in [-0.15, -0.1) is 0 Å². The monoisotopic (exact) mass is 530 g/mol. The molecule has 0 fully saturated rings. The van der Waals surface area contributed by atoms with E-state index in [1.54, 1.807) is 31.6 Å². The Hall–Kier alpha value is -4.07. The van der Waals surface area contributed by atoms with Gasteiger partial charge in [0.2, 0.25) is 0 Å². The number of anilines is 1. The van der Waals surface area contributed by atoms with E-state index in [9.17, 15) is 21.6 Å². The van der Waals surface area contributed by atoms with Crippen LogP contribution in [0.25, 0.3) is 28.2 Å². The number of halogens is 3. The van der Waals surface area contributed by atoms with Crippen LogP contribution in [0.3, 0.4) is 0 Å². The van der Waals surface area contributed by atoms with Crippen LogP contribution in [0.15, 0.2) is 54.1 Å². The smallest absolute Gasteiger partial charge is 0.363 e. The van der Waals surface area contributed by atoms with Crippen LogP contribution in [-0.2, 0) is 23.1 Å². The molecule has 14 heteroatoms. The van der Waals surface area contributed by atoms with Gasteiger partial charge in [0.15, 0.2) is 26.2 Å². The molecule has 1 atom stereocenters. The number of nitrogens with one attached hydrogen (secondary N) is 1. The number of aromatic nitrogens is 7. The van der Waals surface area contributed by atoms with E-state index in [2.05, 4.69) is 30.4 Å². The average molecular weight is 531 g/mol. The highest BCUT2D eigenvalue weighted by Gasteiger charge is 2.33. The van der Waals surface area contributed by atoms with Crippen molar-refractivity contribution in [1.82, 2.24) is 34.1 Å². The summed E-state index contributed by atoms with van der Waals surface area (Å²) in [5.41, 5.74) is 0.300. The van der Waals surface area contributed by atoms with Gasteiger partial charge in [0.25, 0.3) is 0 Å². The molecule has 0 aliphatic carbocycles. The van der Waals surface area contributed by atoms with E-state index in [4.69, 9.17) is 0 Å². The van der Waals surface area contributed by atoms with Gasteiger partial charge in [0.05, 0.1) is 17.4 Å². The molecule has 5 rings (SSSR count). The van der Waals surface area contributed by atoms with Crippen molar-refractivity contribution >= 4 is 32.5 Å². The van der Waals surface area contributed by atoms with Gasteiger partial charge >= 0.3 is 6.18 Å². The lowest BCUT2D eigenvalue weighted by atomic mass is 10.1. The molecule has 5 heterocycles. The molecule has 1 N–H and O–H groups in total. The van der Waals surface area contributed by atoms with Gasteiger partial charge in [0.1, 0.15) is 22.7 Å². The van der Waals surface area contributed by atoms with Crippen LogP contribution in [0.4, 0.5) is 19.0 Å². The summed E-state index contributed by atoms with van der Waals surface area (Å²) in [6.07, 6.45) is 0.968. The number of sulfone groups is 1. The van der Waals surface area contributed by atoms with Gasteiger partial charge in [0, 0.05) is 31.8 Å². The Morgan fingerprint density at radius 3 is 2.57 bits per heavy atom. The van der Waals surface area contributed by atoms with Gasteiger partial charge in [-0.25, -0.2) is 23.4 Å². The largest absolute Gasteiger partial charge is 0.417 e. The molecule has 0 radical (unpaired) electrons. The molecule has 1 unspecified atom stereocenters. The SMILES string of the molecule is CCS(=O)(=O)c1nn2c(NC(C)c3cccnc3)ccnc2c1-c1nc2cc(C(F)(F)F)cnc2n1C. The number of rotatable bonds is 6.